The van der Waals surface area contributed by atoms with E-state index in [0.717, 1.165) is 29.1 Å². The Labute approximate surface area is 145 Å². The molecule has 2 aromatic rings. The summed E-state index contributed by atoms with van der Waals surface area (Å²) >= 11 is 7.46. The molecule has 1 N–H and O–H groups in total. The number of halogens is 2. The van der Waals surface area contributed by atoms with Crippen LogP contribution < -0.4 is 5.32 Å². The molecule has 0 aliphatic heterocycles. The summed E-state index contributed by atoms with van der Waals surface area (Å²) in [5.41, 5.74) is 2.09. The van der Waals surface area contributed by atoms with Gasteiger partial charge in [-0.25, -0.2) is 4.39 Å². The predicted octanol–water partition coefficient (Wildman–Crippen LogP) is 4.46. The van der Waals surface area contributed by atoms with E-state index in [1.807, 2.05) is 30.3 Å². The fourth-order valence-corrected chi connectivity index (χ4v) is 3.08. The average molecular weight is 352 g/mol. The van der Waals surface area contributed by atoms with Crippen LogP contribution in [0, 0.1) is 5.82 Å². The summed E-state index contributed by atoms with van der Waals surface area (Å²) in [5, 5.41) is 3.62. The SMILES string of the molecule is O=C(CCSCc1cccc(F)c1)NCCc1ccc(Cl)cc1. The average Bonchev–Trinajstić information content (AvgIpc) is 2.54. The molecule has 2 nitrogen and oxygen atoms in total. The van der Waals surface area contributed by atoms with Crippen molar-refractivity contribution in [1.82, 2.24) is 5.32 Å². The molecule has 0 saturated carbocycles. The molecule has 0 aliphatic carbocycles. The normalized spacial score (nSPS) is 10.5. The highest BCUT2D eigenvalue weighted by molar-refractivity contribution is 7.98. The molecule has 0 bridgehead atoms. The molecule has 0 saturated heterocycles. The number of hydrogen-bond acceptors (Lipinski definition) is 2. The molecule has 0 aromatic heterocycles. The number of benzene rings is 2. The van der Waals surface area contributed by atoms with Gasteiger partial charge in [0.1, 0.15) is 5.82 Å². The van der Waals surface area contributed by atoms with Crippen molar-refractivity contribution in [3.8, 4) is 0 Å². The molecule has 122 valence electrons. The van der Waals surface area contributed by atoms with Gasteiger partial charge in [0.25, 0.3) is 0 Å². The summed E-state index contributed by atoms with van der Waals surface area (Å²) in [6, 6.07) is 14.2. The minimum Gasteiger partial charge on any atom is -0.356 e. The lowest BCUT2D eigenvalue weighted by Crippen LogP contribution is -2.25. The summed E-state index contributed by atoms with van der Waals surface area (Å²) in [6.07, 6.45) is 1.26. The van der Waals surface area contributed by atoms with Gasteiger partial charge >= 0.3 is 0 Å². The minimum absolute atomic E-state index is 0.0469. The molecule has 5 heteroatoms. The number of rotatable bonds is 8. The highest BCUT2D eigenvalue weighted by Gasteiger charge is 2.02. The van der Waals surface area contributed by atoms with Crippen molar-refractivity contribution >= 4 is 29.3 Å². The molecule has 0 heterocycles. The third kappa shape index (κ3) is 7.06. The molecule has 0 radical (unpaired) electrons. The largest absolute Gasteiger partial charge is 0.356 e. The van der Waals surface area contributed by atoms with Crippen molar-refractivity contribution in [2.75, 3.05) is 12.3 Å². The zero-order valence-corrected chi connectivity index (χ0v) is 14.3. The van der Waals surface area contributed by atoms with E-state index in [0.29, 0.717) is 18.0 Å². The fourth-order valence-electron chi connectivity index (χ4n) is 2.07. The van der Waals surface area contributed by atoms with Crippen molar-refractivity contribution in [3.63, 3.8) is 0 Å². The topological polar surface area (TPSA) is 29.1 Å². The van der Waals surface area contributed by atoms with E-state index in [1.54, 1.807) is 17.8 Å². The van der Waals surface area contributed by atoms with Gasteiger partial charge in [-0.2, -0.15) is 11.8 Å². The monoisotopic (exact) mass is 351 g/mol. The van der Waals surface area contributed by atoms with Gasteiger partial charge in [0, 0.05) is 29.5 Å². The lowest BCUT2D eigenvalue weighted by molar-refractivity contribution is -0.120. The van der Waals surface area contributed by atoms with E-state index in [-0.39, 0.29) is 11.7 Å². The third-order valence-corrected chi connectivity index (χ3v) is 4.56. The van der Waals surface area contributed by atoms with Crippen LogP contribution in [0.1, 0.15) is 17.5 Å². The third-order valence-electron chi connectivity index (χ3n) is 3.28. The zero-order chi connectivity index (χ0) is 16.5. The van der Waals surface area contributed by atoms with Gasteiger partial charge in [-0.3, -0.25) is 4.79 Å². The summed E-state index contributed by atoms with van der Waals surface area (Å²) in [5.74, 6) is 1.27. The second kappa shape index (κ2) is 9.58. The van der Waals surface area contributed by atoms with E-state index in [1.165, 1.54) is 12.1 Å². The Morgan fingerprint density at radius 3 is 2.65 bits per heavy atom. The van der Waals surface area contributed by atoms with E-state index in [9.17, 15) is 9.18 Å². The molecular formula is C18H19ClFNOS. The van der Waals surface area contributed by atoms with Gasteiger partial charge in [0.2, 0.25) is 5.91 Å². The maximum atomic E-state index is 13.0. The molecule has 0 atom stereocenters. The summed E-state index contributed by atoms with van der Waals surface area (Å²) < 4.78 is 13.0. The predicted molar refractivity (Wildman–Crippen MR) is 95.3 cm³/mol. The Kier molecular flexibility index (Phi) is 7.43. The molecule has 23 heavy (non-hydrogen) atoms. The van der Waals surface area contributed by atoms with Crippen LogP contribution in [0.3, 0.4) is 0 Å². The molecule has 1 amide bonds. The molecule has 2 aromatic carbocycles. The van der Waals surface area contributed by atoms with Crippen LogP contribution in [0.5, 0.6) is 0 Å². The van der Waals surface area contributed by atoms with Crippen LogP contribution in [0.4, 0.5) is 4.39 Å². The zero-order valence-electron chi connectivity index (χ0n) is 12.7. The van der Waals surface area contributed by atoms with Gasteiger partial charge in [-0.15, -0.1) is 0 Å². The first-order chi connectivity index (χ1) is 11.1. The molecule has 0 spiro atoms. The Hall–Kier alpha value is -1.52. The van der Waals surface area contributed by atoms with Crippen LogP contribution in [0.25, 0.3) is 0 Å². The first kappa shape index (κ1) is 17.8. The molecule has 0 aliphatic rings. The summed E-state index contributed by atoms with van der Waals surface area (Å²) in [6.45, 7) is 0.620. The first-order valence-electron chi connectivity index (χ1n) is 7.47. The van der Waals surface area contributed by atoms with Crippen molar-refractivity contribution < 1.29 is 9.18 Å². The van der Waals surface area contributed by atoms with Gasteiger partial charge < -0.3 is 5.32 Å². The van der Waals surface area contributed by atoms with E-state index >= 15 is 0 Å². The summed E-state index contributed by atoms with van der Waals surface area (Å²) in [7, 11) is 0. The van der Waals surface area contributed by atoms with Crippen LogP contribution in [-0.4, -0.2) is 18.2 Å². The Bertz CT molecular complexity index is 633. The Morgan fingerprint density at radius 2 is 1.91 bits per heavy atom. The molecule has 0 unspecified atom stereocenters. The Morgan fingerprint density at radius 1 is 1.13 bits per heavy atom. The van der Waals surface area contributed by atoms with Gasteiger partial charge in [0.15, 0.2) is 0 Å². The maximum Gasteiger partial charge on any atom is 0.220 e. The highest BCUT2D eigenvalue weighted by Crippen LogP contribution is 2.14. The lowest BCUT2D eigenvalue weighted by atomic mass is 10.1. The second-order valence-electron chi connectivity index (χ2n) is 5.16. The number of thioether (sulfide) groups is 1. The van der Waals surface area contributed by atoms with Crippen molar-refractivity contribution in [2.45, 2.75) is 18.6 Å². The highest BCUT2D eigenvalue weighted by atomic mass is 35.5. The van der Waals surface area contributed by atoms with Crippen molar-refractivity contribution in [1.29, 1.82) is 0 Å². The maximum absolute atomic E-state index is 13.0. The van der Waals surface area contributed by atoms with Gasteiger partial charge in [-0.05, 0) is 41.8 Å². The van der Waals surface area contributed by atoms with E-state index < -0.39 is 0 Å². The molecule has 0 fully saturated rings. The second-order valence-corrected chi connectivity index (χ2v) is 6.70. The fraction of sp³-hybridized carbons (Fsp3) is 0.278. The Balaban J connectivity index is 1.57. The number of hydrogen-bond donors (Lipinski definition) is 1. The molecular weight excluding hydrogens is 333 g/mol. The minimum atomic E-state index is -0.219. The van der Waals surface area contributed by atoms with E-state index in [2.05, 4.69) is 5.32 Å². The molecule has 2 rings (SSSR count). The first-order valence-corrected chi connectivity index (χ1v) is 9.00. The van der Waals surface area contributed by atoms with Crippen LogP contribution in [0.2, 0.25) is 5.02 Å². The number of carbonyl (C=O) groups excluding carboxylic acids is 1. The number of carbonyl (C=O) groups is 1. The number of amides is 1. The van der Waals surface area contributed by atoms with Crippen molar-refractivity contribution in [2.24, 2.45) is 0 Å². The van der Waals surface area contributed by atoms with E-state index in [4.69, 9.17) is 11.6 Å². The lowest BCUT2D eigenvalue weighted by Gasteiger charge is -2.06. The van der Waals surface area contributed by atoms with Gasteiger partial charge in [0.05, 0.1) is 0 Å². The smallest absolute Gasteiger partial charge is 0.220 e. The van der Waals surface area contributed by atoms with Crippen molar-refractivity contribution in [3.05, 3.63) is 70.5 Å². The summed E-state index contributed by atoms with van der Waals surface area (Å²) in [4.78, 5) is 11.7. The van der Waals surface area contributed by atoms with Crippen LogP contribution in [0.15, 0.2) is 48.5 Å². The van der Waals surface area contributed by atoms with Crippen LogP contribution in [-0.2, 0) is 17.0 Å². The number of nitrogens with one attached hydrogen (secondary N) is 1. The quantitative estimate of drug-likeness (QED) is 0.711. The standard InChI is InChI=1S/C18H19ClFNOS/c19-16-6-4-14(5-7-16)8-10-21-18(22)9-11-23-13-15-2-1-3-17(20)12-15/h1-7,12H,8-11,13H2,(H,21,22). The van der Waals surface area contributed by atoms with Crippen LogP contribution >= 0.6 is 23.4 Å². The van der Waals surface area contributed by atoms with Gasteiger partial charge in [-0.1, -0.05) is 35.9 Å².